The fourth-order valence-electron chi connectivity index (χ4n) is 5.65. The van der Waals surface area contributed by atoms with Crippen molar-refractivity contribution in [1.29, 1.82) is 0 Å². The van der Waals surface area contributed by atoms with Crippen molar-refractivity contribution in [2.45, 2.75) is 51.8 Å². The number of likely N-dealkylation sites (tertiary alicyclic amines) is 2. The molecular weight excluding hydrogens is 530 g/mol. The van der Waals surface area contributed by atoms with Crippen LogP contribution in [-0.2, 0) is 11.3 Å². The smallest absolute Gasteiger partial charge is 0.410 e. The topological polar surface area (TPSA) is 95.1 Å². The summed E-state index contributed by atoms with van der Waals surface area (Å²) in [5.41, 5.74) is 2.85. The number of hydrogen-bond donors (Lipinski definition) is 2. The number of ether oxygens (including phenoxy) is 2. The first kappa shape index (κ1) is 29.7. The van der Waals surface area contributed by atoms with Gasteiger partial charge in [0.25, 0.3) is 0 Å². The Kier molecular flexibility index (Phi) is 8.91. The van der Waals surface area contributed by atoms with Gasteiger partial charge in [-0.3, -0.25) is 4.90 Å². The van der Waals surface area contributed by atoms with Crippen LogP contribution in [0.2, 0.25) is 0 Å². The van der Waals surface area contributed by atoms with Gasteiger partial charge < -0.3 is 29.9 Å². The molecule has 2 aliphatic rings. The first-order valence-corrected chi connectivity index (χ1v) is 14.9. The number of fused-ring (bicyclic) bond motifs is 1. The second-order valence-corrected chi connectivity index (χ2v) is 12.6. The normalized spacial score (nSPS) is 16.7. The van der Waals surface area contributed by atoms with Crippen molar-refractivity contribution in [3.05, 3.63) is 48.0 Å². The number of rotatable bonds is 9. The summed E-state index contributed by atoms with van der Waals surface area (Å²) in [4.78, 5) is 28.3. The van der Waals surface area contributed by atoms with E-state index in [1.807, 2.05) is 51.1 Å². The molecule has 42 heavy (non-hydrogen) atoms. The predicted octanol–water partition coefficient (Wildman–Crippen LogP) is 5.06. The quantitative estimate of drug-likeness (QED) is 0.363. The third kappa shape index (κ3) is 7.15. The summed E-state index contributed by atoms with van der Waals surface area (Å²) in [5.74, 6) is 2.75. The number of benzene rings is 2. The van der Waals surface area contributed by atoms with Gasteiger partial charge in [-0.2, -0.15) is 4.98 Å². The van der Waals surface area contributed by atoms with Gasteiger partial charge in [0.2, 0.25) is 5.95 Å². The monoisotopic (exact) mass is 575 g/mol. The highest BCUT2D eigenvalue weighted by Crippen LogP contribution is 2.31. The second kappa shape index (κ2) is 12.6. The molecule has 3 aromatic rings. The fourth-order valence-corrected chi connectivity index (χ4v) is 5.65. The van der Waals surface area contributed by atoms with Gasteiger partial charge in [0.05, 0.1) is 12.6 Å². The average molecular weight is 576 g/mol. The molecule has 0 bridgehead atoms. The maximum Gasteiger partial charge on any atom is 0.410 e. The van der Waals surface area contributed by atoms with E-state index in [2.05, 4.69) is 46.7 Å². The van der Waals surface area contributed by atoms with Gasteiger partial charge in [0.1, 0.15) is 17.2 Å². The van der Waals surface area contributed by atoms with Gasteiger partial charge in [0, 0.05) is 82.0 Å². The third-order valence-electron chi connectivity index (χ3n) is 7.88. The molecule has 1 amide bonds. The molecule has 0 spiro atoms. The summed E-state index contributed by atoms with van der Waals surface area (Å²) in [6, 6.07) is 14.7. The van der Waals surface area contributed by atoms with Crippen molar-refractivity contribution in [2.24, 2.45) is 5.92 Å². The number of carbonyl (C=O) groups excluding carboxylic acids is 1. The van der Waals surface area contributed by atoms with E-state index in [-0.39, 0.29) is 6.09 Å². The van der Waals surface area contributed by atoms with E-state index in [1.165, 1.54) is 11.3 Å². The van der Waals surface area contributed by atoms with Crippen LogP contribution in [0.4, 0.5) is 22.2 Å². The number of nitrogens with one attached hydrogen (secondary N) is 2. The molecular formula is C32H45N7O3. The summed E-state index contributed by atoms with van der Waals surface area (Å²) in [7, 11) is 5.90. The summed E-state index contributed by atoms with van der Waals surface area (Å²) in [6.45, 7) is 10.6. The molecule has 10 nitrogen and oxygen atoms in total. The van der Waals surface area contributed by atoms with Gasteiger partial charge in [-0.05, 0) is 57.9 Å². The summed E-state index contributed by atoms with van der Waals surface area (Å²) in [6.07, 6.45) is 1.80. The average Bonchev–Trinajstić information content (AvgIpc) is 2.92. The van der Waals surface area contributed by atoms with Crippen LogP contribution in [0.15, 0.2) is 42.5 Å². The van der Waals surface area contributed by atoms with E-state index in [0.29, 0.717) is 37.5 Å². The number of hydrogen-bond acceptors (Lipinski definition) is 9. The number of nitrogens with zero attached hydrogens (tertiary/aromatic N) is 5. The van der Waals surface area contributed by atoms with E-state index < -0.39 is 5.60 Å². The van der Waals surface area contributed by atoms with Crippen LogP contribution in [-0.4, -0.2) is 91.4 Å². The molecule has 2 aliphatic heterocycles. The van der Waals surface area contributed by atoms with Crippen LogP contribution in [0, 0.1) is 5.92 Å². The van der Waals surface area contributed by atoms with Gasteiger partial charge in [-0.1, -0.05) is 18.2 Å². The van der Waals surface area contributed by atoms with Crippen molar-refractivity contribution in [1.82, 2.24) is 19.8 Å². The molecule has 0 unspecified atom stereocenters. The molecule has 2 saturated heterocycles. The molecule has 2 N–H and O–H groups in total. The lowest BCUT2D eigenvalue weighted by atomic mass is 10.0. The number of methoxy groups -OCH3 is 1. The van der Waals surface area contributed by atoms with Crippen molar-refractivity contribution < 1.29 is 14.3 Å². The minimum atomic E-state index is -0.482. The Morgan fingerprint density at radius 3 is 2.48 bits per heavy atom. The van der Waals surface area contributed by atoms with E-state index in [0.717, 1.165) is 54.9 Å². The summed E-state index contributed by atoms with van der Waals surface area (Å²) < 4.78 is 11.2. The summed E-state index contributed by atoms with van der Waals surface area (Å²) >= 11 is 0. The number of aromatic nitrogens is 2. The molecule has 0 saturated carbocycles. The molecule has 226 valence electrons. The van der Waals surface area contributed by atoms with Crippen LogP contribution < -0.4 is 20.3 Å². The number of anilines is 3. The predicted molar refractivity (Wildman–Crippen MR) is 169 cm³/mol. The van der Waals surface area contributed by atoms with Crippen LogP contribution in [0.5, 0.6) is 5.75 Å². The van der Waals surface area contributed by atoms with Crippen LogP contribution in [0.25, 0.3) is 10.9 Å². The van der Waals surface area contributed by atoms with Gasteiger partial charge in [-0.15, -0.1) is 0 Å². The molecule has 10 heteroatoms. The minimum Gasteiger partial charge on any atom is -0.496 e. The van der Waals surface area contributed by atoms with Crippen LogP contribution in [0.3, 0.4) is 0 Å². The summed E-state index contributed by atoms with van der Waals surface area (Å²) in [5, 5.41) is 8.18. The van der Waals surface area contributed by atoms with Crippen molar-refractivity contribution >= 4 is 34.4 Å². The molecule has 2 fully saturated rings. The SMILES string of the molecule is COc1cccc(N(C)C)c1CN1CCC(Nc2nc(NCC3CN(C(=O)OC(C)(C)C)C3)nc3ccccc23)CC1. The Balaban J connectivity index is 1.18. The fraction of sp³-hybridized carbons (Fsp3) is 0.531. The Labute approximate surface area is 249 Å². The first-order valence-electron chi connectivity index (χ1n) is 14.9. The van der Waals surface area contributed by atoms with Crippen molar-refractivity contribution in [3.8, 4) is 5.75 Å². The Morgan fingerprint density at radius 2 is 1.79 bits per heavy atom. The number of piperidine rings is 1. The zero-order valence-electron chi connectivity index (χ0n) is 25.8. The third-order valence-corrected chi connectivity index (χ3v) is 7.88. The van der Waals surface area contributed by atoms with Gasteiger partial charge in [-0.25, -0.2) is 9.78 Å². The number of amides is 1. The number of carbonyl (C=O) groups is 1. The highest BCUT2D eigenvalue weighted by Gasteiger charge is 2.33. The van der Waals surface area contributed by atoms with Crippen molar-refractivity contribution in [2.75, 3.05) is 69.5 Å². The van der Waals surface area contributed by atoms with Crippen LogP contribution >= 0.6 is 0 Å². The van der Waals surface area contributed by atoms with E-state index in [9.17, 15) is 4.79 Å². The first-order chi connectivity index (χ1) is 20.1. The molecule has 2 aromatic carbocycles. The van der Waals surface area contributed by atoms with Crippen molar-refractivity contribution in [3.63, 3.8) is 0 Å². The lowest BCUT2D eigenvalue weighted by molar-refractivity contribution is 0.000831. The highest BCUT2D eigenvalue weighted by atomic mass is 16.6. The molecule has 0 atom stereocenters. The largest absolute Gasteiger partial charge is 0.496 e. The van der Waals surface area contributed by atoms with E-state index in [4.69, 9.17) is 19.4 Å². The lowest BCUT2D eigenvalue weighted by Gasteiger charge is -2.39. The zero-order valence-corrected chi connectivity index (χ0v) is 25.8. The Hall–Kier alpha value is -3.79. The van der Waals surface area contributed by atoms with E-state index in [1.54, 1.807) is 12.0 Å². The van der Waals surface area contributed by atoms with Gasteiger partial charge >= 0.3 is 6.09 Å². The Bertz CT molecular complexity index is 1380. The highest BCUT2D eigenvalue weighted by molar-refractivity contribution is 5.90. The Morgan fingerprint density at radius 1 is 1.05 bits per heavy atom. The maximum absolute atomic E-state index is 12.3. The van der Waals surface area contributed by atoms with Crippen LogP contribution in [0.1, 0.15) is 39.2 Å². The zero-order chi connectivity index (χ0) is 29.9. The molecule has 0 radical (unpaired) electrons. The lowest BCUT2D eigenvalue weighted by Crippen LogP contribution is -2.53. The molecule has 0 aliphatic carbocycles. The standard InChI is InChI=1S/C32H45N7O3/c1-32(2,3)42-31(40)39-19-22(20-39)18-33-30-35-26-11-8-7-10-24(26)29(36-30)34-23-14-16-38(17-15-23)21-25-27(37(4)5)12-9-13-28(25)41-6/h7-13,22-23H,14-21H2,1-6H3,(H2,33,34,35,36). The number of para-hydroxylation sites is 1. The second-order valence-electron chi connectivity index (χ2n) is 12.6. The van der Waals surface area contributed by atoms with E-state index >= 15 is 0 Å². The molecule has 5 rings (SSSR count). The molecule has 1 aromatic heterocycles. The molecule has 3 heterocycles. The van der Waals surface area contributed by atoms with Gasteiger partial charge in [0.15, 0.2) is 0 Å². The minimum absolute atomic E-state index is 0.251. The maximum atomic E-state index is 12.3.